The molecule has 0 saturated heterocycles. The summed E-state index contributed by atoms with van der Waals surface area (Å²) in [6.45, 7) is 4.54. The summed E-state index contributed by atoms with van der Waals surface area (Å²) in [6, 6.07) is 15.2. The number of nitrogens with one attached hydrogen (secondary N) is 1. The van der Waals surface area contributed by atoms with E-state index in [9.17, 15) is 4.79 Å². The molecule has 0 aromatic heterocycles. The van der Waals surface area contributed by atoms with Crippen molar-refractivity contribution in [2.45, 2.75) is 19.9 Å². The van der Waals surface area contributed by atoms with Crippen LogP contribution in [0.4, 0.5) is 5.69 Å². The van der Waals surface area contributed by atoms with Gasteiger partial charge < -0.3 is 10.1 Å². The van der Waals surface area contributed by atoms with Crippen LogP contribution in [-0.4, -0.2) is 30.5 Å². The van der Waals surface area contributed by atoms with Crippen molar-refractivity contribution >= 4 is 11.6 Å². The van der Waals surface area contributed by atoms with Crippen LogP contribution in [0.15, 0.2) is 42.5 Å². The first kappa shape index (κ1) is 17.0. The largest absolute Gasteiger partial charge is 0.494 e. The first-order chi connectivity index (χ1) is 12.2. The lowest BCUT2D eigenvalue weighted by Gasteiger charge is -2.28. The predicted octanol–water partition coefficient (Wildman–Crippen LogP) is 2.95. The Labute approximate surface area is 147 Å². The molecule has 0 fully saturated rings. The molecule has 1 heterocycles. The van der Waals surface area contributed by atoms with Crippen molar-refractivity contribution in [2.24, 2.45) is 0 Å². The summed E-state index contributed by atoms with van der Waals surface area (Å²) < 4.78 is 5.56. The standard InChI is InChI=1S/C20H21N3O2/c1-2-25-19-7-6-16-8-9-23(13-17(16)11-19)14-20(24)22-18-5-3-4-15(10-18)12-21/h3-7,10-11H,2,8-9,13-14H2,1H3,(H,22,24). The molecule has 0 radical (unpaired) electrons. The smallest absolute Gasteiger partial charge is 0.238 e. The Morgan fingerprint density at radius 3 is 2.96 bits per heavy atom. The number of carbonyl (C=O) groups is 1. The van der Waals surface area contributed by atoms with E-state index in [1.807, 2.05) is 13.0 Å². The molecule has 1 amide bonds. The van der Waals surface area contributed by atoms with Crippen LogP contribution < -0.4 is 10.1 Å². The van der Waals surface area contributed by atoms with Crippen LogP contribution in [0.5, 0.6) is 5.75 Å². The van der Waals surface area contributed by atoms with E-state index in [-0.39, 0.29) is 5.91 Å². The highest BCUT2D eigenvalue weighted by atomic mass is 16.5. The lowest BCUT2D eigenvalue weighted by atomic mass is 9.99. The second-order valence-corrected chi connectivity index (χ2v) is 6.06. The van der Waals surface area contributed by atoms with Gasteiger partial charge in [0, 0.05) is 18.8 Å². The third-order valence-electron chi connectivity index (χ3n) is 4.22. The van der Waals surface area contributed by atoms with E-state index in [1.165, 1.54) is 11.1 Å². The van der Waals surface area contributed by atoms with Crippen LogP contribution in [0.3, 0.4) is 0 Å². The number of nitrogens with zero attached hydrogens (tertiary/aromatic N) is 2. The molecule has 128 valence electrons. The maximum atomic E-state index is 12.3. The van der Waals surface area contributed by atoms with Gasteiger partial charge in [-0.2, -0.15) is 5.26 Å². The van der Waals surface area contributed by atoms with Crippen molar-refractivity contribution < 1.29 is 9.53 Å². The molecule has 1 aliphatic rings. The van der Waals surface area contributed by atoms with Gasteiger partial charge in [0.1, 0.15) is 5.75 Å². The zero-order valence-corrected chi connectivity index (χ0v) is 14.3. The molecule has 0 bridgehead atoms. The zero-order chi connectivity index (χ0) is 17.6. The molecule has 2 aromatic carbocycles. The van der Waals surface area contributed by atoms with Crippen LogP contribution >= 0.6 is 0 Å². The lowest BCUT2D eigenvalue weighted by molar-refractivity contribution is -0.117. The number of rotatable bonds is 5. The van der Waals surface area contributed by atoms with E-state index in [1.54, 1.807) is 24.3 Å². The number of hydrogen-bond acceptors (Lipinski definition) is 4. The van der Waals surface area contributed by atoms with Gasteiger partial charge in [-0.25, -0.2) is 0 Å². The minimum atomic E-state index is -0.0699. The normalized spacial score (nSPS) is 13.6. The molecule has 0 atom stereocenters. The summed E-state index contributed by atoms with van der Waals surface area (Å²) in [7, 11) is 0. The maximum Gasteiger partial charge on any atom is 0.238 e. The van der Waals surface area contributed by atoms with Crippen LogP contribution in [-0.2, 0) is 17.8 Å². The fourth-order valence-corrected chi connectivity index (χ4v) is 3.05. The Kier molecular flexibility index (Phi) is 5.32. The number of carbonyl (C=O) groups excluding carboxylic acids is 1. The van der Waals surface area contributed by atoms with Crippen LogP contribution in [0, 0.1) is 11.3 Å². The van der Waals surface area contributed by atoms with Gasteiger partial charge in [0.2, 0.25) is 5.91 Å². The topological polar surface area (TPSA) is 65.4 Å². The van der Waals surface area contributed by atoms with Gasteiger partial charge in [0.25, 0.3) is 0 Å². The van der Waals surface area contributed by atoms with E-state index in [0.29, 0.717) is 24.4 Å². The van der Waals surface area contributed by atoms with Crippen molar-refractivity contribution in [2.75, 3.05) is 25.0 Å². The van der Waals surface area contributed by atoms with E-state index in [2.05, 4.69) is 28.4 Å². The summed E-state index contributed by atoms with van der Waals surface area (Å²) in [4.78, 5) is 14.4. The molecular formula is C20H21N3O2. The van der Waals surface area contributed by atoms with Crippen molar-refractivity contribution in [1.29, 1.82) is 5.26 Å². The highest BCUT2D eigenvalue weighted by Gasteiger charge is 2.19. The van der Waals surface area contributed by atoms with Crippen LogP contribution in [0.2, 0.25) is 0 Å². The van der Waals surface area contributed by atoms with Crippen LogP contribution in [0.25, 0.3) is 0 Å². The van der Waals surface area contributed by atoms with Gasteiger partial charge in [-0.3, -0.25) is 9.69 Å². The number of fused-ring (bicyclic) bond motifs is 1. The average molecular weight is 335 g/mol. The number of benzene rings is 2. The Morgan fingerprint density at radius 1 is 1.28 bits per heavy atom. The number of ether oxygens (including phenoxy) is 1. The van der Waals surface area contributed by atoms with Gasteiger partial charge in [-0.1, -0.05) is 12.1 Å². The SMILES string of the molecule is CCOc1ccc2c(c1)CN(CC(=O)Nc1cccc(C#N)c1)CC2. The molecule has 0 aliphatic carbocycles. The van der Waals surface area contributed by atoms with Gasteiger partial charge in [0.05, 0.1) is 24.8 Å². The van der Waals surface area contributed by atoms with Gasteiger partial charge in [0.15, 0.2) is 0 Å². The third kappa shape index (κ3) is 4.37. The third-order valence-corrected chi connectivity index (χ3v) is 4.22. The molecule has 0 spiro atoms. The van der Waals surface area contributed by atoms with Crippen molar-refractivity contribution in [3.8, 4) is 11.8 Å². The van der Waals surface area contributed by atoms with E-state index in [0.717, 1.165) is 25.3 Å². The summed E-state index contributed by atoms with van der Waals surface area (Å²) in [5.74, 6) is 0.806. The highest BCUT2D eigenvalue weighted by molar-refractivity contribution is 5.92. The molecule has 0 saturated carbocycles. The van der Waals surface area contributed by atoms with E-state index < -0.39 is 0 Å². The fourth-order valence-electron chi connectivity index (χ4n) is 3.05. The van der Waals surface area contributed by atoms with Crippen molar-refractivity contribution in [3.63, 3.8) is 0 Å². The lowest BCUT2D eigenvalue weighted by Crippen LogP contribution is -2.37. The van der Waals surface area contributed by atoms with Gasteiger partial charge >= 0.3 is 0 Å². The van der Waals surface area contributed by atoms with E-state index in [4.69, 9.17) is 10.00 Å². The second-order valence-electron chi connectivity index (χ2n) is 6.06. The molecule has 5 heteroatoms. The molecule has 2 aromatic rings. The second kappa shape index (κ2) is 7.82. The summed E-state index contributed by atoms with van der Waals surface area (Å²) in [5.41, 5.74) is 3.73. The minimum Gasteiger partial charge on any atom is -0.494 e. The number of nitriles is 1. The van der Waals surface area contributed by atoms with Gasteiger partial charge in [-0.05, 0) is 54.8 Å². The summed E-state index contributed by atoms with van der Waals surface area (Å²) >= 11 is 0. The molecule has 5 nitrogen and oxygen atoms in total. The molecule has 25 heavy (non-hydrogen) atoms. The number of anilines is 1. The number of amides is 1. The quantitative estimate of drug-likeness (QED) is 0.912. The van der Waals surface area contributed by atoms with Gasteiger partial charge in [-0.15, -0.1) is 0 Å². The highest BCUT2D eigenvalue weighted by Crippen LogP contribution is 2.24. The molecule has 0 unspecified atom stereocenters. The molecule has 1 aliphatic heterocycles. The Morgan fingerprint density at radius 2 is 2.16 bits per heavy atom. The zero-order valence-electron chi connectivity index (χ0n) is 14.3. The Balaban J connectivity index is 1.61. The number of hydrogen-bond donors (Lipinski definition) is 1. The molecule has 1 N–H and O–H groups in total. The van der Waals surface area contributed by atoms with Crippen molar-refractivity contribution in [3.05, 3.63) is 59.2 Å². The maximum absolute atomic E-state index is 12.3. The first-order valence-corrected chi connectivity index (χ1v) is 8.45. The Hall–Kier alpha value is -2.84. The first-order valence-electron chi connectivity index (χ1n) is 8.45. The van der Waals surface area contributed by atoms with Crippen molar-refractivity contribution in [1.82, 2.24) is 4.90 Å². The monoisotopic (exact) mass is 335 g/mol. The predicted molar refractivity (Wildman–Crippen MR) is 96.4 cm³/mol. The van der Waals surface area contributed by atoms with Crippen LogP contribution in [0.1, 0.15) is 23.6 Å². The molecule has 3 rings (SSSR count). The minimum absolute atomic E-state index is 0.0699. The van der Waals surface area contributed by atoms with E-state index >= 15 is 0 Å². The average Bonchev–Trinajstić information content (AvgIpc) is 2.62. The Bertz CT molecular complexity index is 811. The summed E-state index contributed by atoms with van der Waals surface area (Å²) in [6.07, 6.45) is 0.929. The summed E-state index contributed by atoms with van der Waals surface area (Å²) in [5, 5.41) is 11.8. The molecular weight excluding hydrogens is 314 g/mol. The fraction of sp³-hybridized carbons (Fsp3) is 0.300.